The van der Waals surface area contributed by atoms with Crippen LogP contribution in [0.25, 0.3) is 0 Å². The lowest BCUT2D eigenvalue weighted by Gasteiger charge is -2.32. The van der Waals surface area contributed by atoms with E-state index < -0.39 is 0 Å². The van der Waals surface area contributed by atoms with Gasteiger partial charge in [-0.25, -0.2) is 0 Å². The first-order valence-corrected chi connectivity index (χ1v) is 8.28. The molecule has 2 atom stereocenters. The number of likely N-dealkylation sites (tertiary alicyclic amines) is 1. The molecule has 0 spiro atoms. The number of aryl methyl sites for hydroxylation is 1. The quantitative estimate of drug-likeness (QED) is 0.760. The molecule has 1 aromatic rings. The summed E-state index contributed by atoms with van der Waals surface area (Å²) >= 11 is 0. The molecule has 2 heteroatoms. The van der Waals surface area contributed by atoms with Gasteiger partial charge in [-0.1, -0.05) is 29.8 Å². The van der Waals surface area contributed by atoms with E-state index in [2.05, 4.69) is 51.4 Å². The van der Waals surface area contributed by atoms with E-state index in [1.165, 1.54) is 42.7 Å². The molecule has 1 aliphatic carbocycles. The second kappa shape index (κ2) is 5.84. The first-order chi connectivity index (χ1) is 10.1. The summed E-state index contributed by atoms with van der Waals surface area (Å²) in [6.07, 6.45) is 7.29. The highest BCUT2D eigenvalue weighted by molar-refractivity contribution is 5.31. The number of hydrogen-bond donors (Lipinski definition) is 0. The lowest BCUT2D eigenvalue weighted by Crippen LogP contribution is -2.46. The van der Waals surface area contributed by atoms with E-state index in [1.807, 2.05) is 0 Å². The fourth-order valence-electron chi connectivity index (χ4n) is 3.71. The molecule has 0 aromatic heterocycles. The Hall–Kier alpha value is -1.28. The van der Waals surface area contributed by atoms with Gasteiger partial charge in [-0.15, -0.1) is 0 Å². The monoisotopic (exact) mass is 286 g/mol. The zero-order valence-electron chi connectivity index (χ0n) is 13.6. The Kier molecular flexibility index (Phi) is 4.08. The van der Waals surface area contributed by atoms with Gasteiger partial charge in [0.1, 0.15) is 12.6 Å². The van der Waals surface area contributed by atoms with Crippen LogP contribution in [0.15, 0.2) is 36.1 Å². The minimum Gasteiger partial charge on any atom is -0.491 e. The van der Waals surface area contributed by atoms with Gasteiger partial charge in [0.15, 0.2) is 0 Å². The van der Waals surface area contributed by atoms with Crippen molar-refractivity contribution in [1.82, 2.24) is 0 Å². The standard InChI is InChI=1S/C19H28NO/c1-15-9-11-16(12-10-15)18-7-4-8-19(18)21-14-17-6-5-13-20(17,2)3/h8-12,17-18H,4-7,13-14H2,1-3H3/q+1/t17-,18+/m0/s1. The van der Waals surface area contributed by atoms with Gasteiger partial charge in [-0.3, -0.25) is 0 Å². The Morgan fingerprint density at radius 3 is 2.57 bits per heavy atom. The van der Waals surface area contributed by atoms with Gasteiger partial charge in [-0.2, -0.15) is 0 Å². The molecule has 0 saturated carbocycles. The maximum Gasteiger partial charge on any atom is 0.139 e. The van der Waals surface area contributed by atoms with Gasteiger partial charge in [-0.05, 0) is 31.4 Å². The molecule has 0 amide bonds. The molecule has 1 fully saturated rings. The Morgan fingerprint density at radius 1 is 1.14 bits per heavy atom. The molecule has 2 nitrogen and oxygen atoms in total. The van der Waals surface area contributed by atoms with E-state index in [9.17, 15) is 0 Å². The van der Waals surface area contributed by atoms with Crippen molar-refractivity contribution in [2.24, 2.45) is 0 Å². The number of rotatable bonds is 4. The van der Waals surface area contributed by atoms with Gasteiger partial charge in [0.2, 0.25) is 0 Å². The molecule has 2 aliphatic rings. The number of likely N-dealkylation sites (N-methyl/N-ethyl adjacent to an activating group) is 1. The number of benzene rings is 1. The lowest BCUT2D eigenvalue weighted by atomic mass is 9.96. The van der Waals surface area contributed by atoms with Gasteiger partial charge < -0.3 is 9.22 Å². The Morgan fingerprint density at radius 2 is 1.90 bits per heavy atom. The second-order valence-electron chi connectivity index (χ2n) is 7.26. The number of allylic oxidation sites excluding steroid dienone is 2. The number of hydrogen-bond acceptors (Lipinski definition) is 1. The molecular weight excluding hydrogens is 258 g/mol. The molecule has 0 N–H and O–H groups in total. The fraction of sp³-hybridized carbons (Fsp3) is 0.579. The molecule has 21 heavy (non-hydrogen) atoms. The van der Waals surface area contributed by atoms with Crippen LogP contribution in [0.1, 0.15) is 42.7 Å². The first kappa shape index (κ1) is 14.6. The summed E-state index contributed by atoms with van der Waals surface area (Å²) in [6.45, 7) is 4.31. The van der Waals surface area contributed by atoms with Crippen LogP contribution in [-0.2, 0) is 4.74 Å². The molecule has 1 saturated heterocycles. The summed E-state index contributed by atoms with van der Waals surface area (Å²) in [7, 11) is 4.67. The SMILES string of the molecule is Cc1ccc([C@H]2CCC=C2OC[C@@H]2CCC[N+]2(C)C)cc1. The Balaban J connectivity index is 1.63. The zero-order chi connectivity index (χ0) is 14.9. The molecule has 1 aliphatic heterocycles. The van der Waals surface area contributed by atoms with E-state index in [4.69, 9.17) is 4.74 Å². The van der Waals surface area contributed by atoms with Crippen LogP contribution in [0.5, 0.6) is 0 Å². The van der Waals surface area contributed by atoms with Crippen LogP contribution in [0.2, 0.25) is 0 Å². The van der Waals surface area contributed by atoms with Crippen LogP contribution in [0, 0.1) is 6.92 Å². The average Bonchev–Trinajstić information content (AvgIpc) is 3.03. The van der Waals surface area contributed by atoms with E-state index in [-0.39, 0.29) is 0 Å². The highest BCUT2D eigenvalue weighted by Gasteiger charge is 2.35. The van der Waals surface area contributed by atoms with Gasteiger partial charge in [0.25, 0.3) is 0 Å². The normalized spacial score (nSPS) is 27.7. The molecule has 3 rings (SSSR count). The smallest absolute Gasteiger partial charge is 0.139 e. The van der Waals surface area contributed by atoms with E-state index in [0.29, 0.717) is 12.0 Å². The van der Waals surface area contributed by atoms with Crippen molar-refractivity contribution in [3.05, 3.63) is 47.2 Å². The van der Waals surface area contributed by atoms with Crippen LogP contribution in [0.4, 0.5) is 0 Å². The van der Waals surface area contributed by atoms with E-state index in [0.717, 1.165) is 17.5 Å². The molecule has 0 unspecified atom stereocenters. The summed E-state index contributed by atoms with van der Waals surface area (Å²) in [4.78, 5) is 0. The van der Waals surface area contributed by atoms with Crippen molar-refractivity contribution in [3.8, 4) is 0 Å². The third-order valence-electron chi connectivity index (χ3n) is 5.33. The second-order valence-corrected chi connectivity index (χ2v) is 7.26. The van der Waals surface area contributed by atoms with Crippen molar-refractivity contribution >= 4 is 0 Å². The van der Waals surface area contributed by atoms with Crippen molar-refractivity contribution in [3.63, 3.8) is 0 Å². The average molecular weight is 286 g/mol. The molecule has 1 aromatic carbocycles. The van der Waals surface area contributed by atoms with Crippen molar-refractivity contribution in [2.75, 3.05) is 27.2 Å². The predicted molar refractivity (Wildman–Crippen MR) is 87.2 cm³/mol. The largest absolute Gasteiger partial charge is 0.491 e. The first-order valence-electron chi connectivity index (χ1n) is 8.28. The predicted octanol–water partition coefficient (Wildman–Crippen LogP) is 4.01. The lowest BCUT2D eigenvalue weighted by molar-refractivity contribution is -0.902. The van der Waals surface area contributed by atoms with Gasteiger partial charge in [0.05, 0.1) is 26.4 Å². The number of ether oxygens (including phenoxy) is 1. The Labute approximate surface area is 129 Å². The van der Waals surface area contributed by atoms with Gasteiger partial charge in [0, 0.05) is 18.8 Å². The van der Waals surface area contributed by atoms with Gasteiger partial charge >= 0.3 is 0 Å². The summed E-state index contributed by atoms with van der Waals surface area (Å²) in [5, 5.41) is 0. The molecule has 0 bridgehead atoms. The minimum absolute atomic E-state index is 0.475. The maximum atomic E-state index is 6.27. The van der Waals surface area contributed by atoms with Crippen LogP contribution >= 0.6 is 0 Å². The summed E-state index contributed by atoms with van der Waals surface area (Å²) in [6, 6.07) is 9.60. The zero-order valence-corrected chi connectivity index (χ0v) is 13.6. The fourth-order valence-corrected chi connectivity index (χ4v) is 3.71. The van der Waals surface area contributed by atoms with Crippen molar-refractivity contribution < 1.29 is 9.22 Å². The maximum absolute atomic E-state index is 6.27. The van der Waals surface area contributed by atoms with Crippen LogP contribution < -0.4 is 0 Å². The summed E-state index contributed by atoms with van der Waals surface area (Å²) in [5.74, 6) is 1.69. The molecule has 114 valence electrons. The van der Waals surface area contributed by atoms with E-state index in [1.54, 1.807) is 0 Å². The number of nitrogens with zero attached hydrogens (tertiary/aromatic N) is 1. The summed E-state index contributed by atoms with van der Waals surface area (Å²) < 4.78 is 7.38. The highest BCUT2D eigenvalue weighted by Crippen LogP contribution is 2.36. The van der Waals surface area contributed by atoms with E-state index >= 15 is 0 Å². The van der Waals surface area contributed by atoms with Crippen LogP contribution in [-0.4, -0.2) is 37.8 Å². The topological polar surface area (TPSA) is 9.23 Å². The molecule has 0 radical (unpaired) electrons. The van der Waals surface area contributed by atoms with Crippen LogP contribution in [0.3, 0.4) is 0 Å². The molecular formula is C19H28NO+. The Bertz CT molecular complexity index is 515. The summed E-state index contributed by atoms with van der Waals surface area (Å²) in [5.41, 5.74) is 2.73. The third-order valence-corrected chi connectivity index (χ3v) is 5.33. The minimum atomic E-state index is 0.475. The molecule has 1 heterocycles. The van der Waals surface area contributed by atoms with Crippen molar-refractivity contribution in [2.45, 2.75) is 44.6 Å². The van der Waals surface area contributed by atoms with Crippen molar-refractivity contribution in [1.29, 1.82) is 0 Å². The number of quaternary nitrogens is 1. The third kappa shape index (κ3) is 3.16. The highest BCUT2D eigenvalue weighted by atomic mass is 16.5.